The van der Waals surface area contributed by atoms with Crippen LogP contribution < -0.4 is 0 Å². The second kappa shape index (κ2) is 7.62. The lowest BCUT2D eigenvalue weighted by molar-refractivity contribution is -0.167. The lowest BCUT2D eigenvalue weighted by Crippen LogP contribution is -2.33. The molecule has 1 rings (SSSR count). The van der Waals surface area contributed by atoms with Gasteiger partial charge in [-0.2, -0.15) is 0 Å². The van der Waals surface area contributed by atoms with E-state index >= 15 is 0 Å². The van der Waals surface area contributed by atoms with Crippen molar-refractivity contribution < 1.29 is 24.2 Å². The summed E-state index contributed by atoms with van der Waals surface area (Å²) in [6.45, 7) is 3.54. The molecule has 1 N–H and O–H groups in total. The first kappa shape index (κ1) is 16.1. The molecular weight excluding hydrogens is 336 g/mol. The summed E-state index contributed by atoms with van der Waals surface area (Å²) in [5.74, 6) is -2.92. The molecule has 0 spiro atoms. The van der Waals surface area contributed by atoms with Gasteiger partial charge < -0.3 is 14.6 Å². The van der Waals surface area contributed by atoms with Gasteiger partial charge in [-0.3, -0.25) is 9.59 Å². The van der Waals surface area contributed by atoms with E-state index < -0.39 is 24.0 Å². The van der Waals surface area contributed by atoms with Crippen molar-refractivity contribution >= 4 is 39.2 Å². The Balaban J connectivity index is 2.95. The molecule has 106 valence electrons. The molecule has 0 saturated heterocycles. The van der Waals surface area contributed by atoms with E-state index in [4.69, 9.17) is 9.47 Å². The van der Waals surface area contributed by atoms with Crippen LogP contribution in [0.4, 0.5) is 0 Å². The highest BCUT2D eigenvalue weighted by atomic mass is 79.9. The van der Waals surface area contributed by atoms with Gasteiger partial charge in [0.2, 0.25) is 0 Å². The first-order valence-electron chi connectivity index (χ1n) is 5.77. The number of rotatable bonds is 6. The molecule has 1 aromatic heterocycles. The number of carbonyl (C=O) groups excluding carboxylic acids is 2. The highest BCUT2D eigenvalue weighted by molar-refractivity contribution is 9.11. The zero-order valence-electron chi connectivity index (χ0n) is 10.6. The highest BCUT2D eigenvalue weighted by Crippen LogP contribution is 2.32. The normalized spacial score (nSPS) is 12.3. The van der Waals surface area contributed by atoms with Crippen LogP contribution in [0.1, 0.15) is 24.8 Å². The molecule has 1 heterocycles. The quantitative estimate of drug-likeness (QED) is 0.629. The number of aliphatic hydroxyl groups is 1. The maximum absolute atomic E-state index is 11.8. The lowest BCUT2D eigenvalue weighted by atomic mass is 10.0. The van der Waals surface area contributed by atoms with Gasteiger partial charge in [0.1, 0.15) is 6.10 Å². The van der Waals surface area contributed by atoms with Crippen LogP contribution in [-0.4, -0.2) is 30.3 Å². The van der Waals surface area contributed by atoms with Gasteiger partial charge in [-0.05, 0) is 41.9 Å². The zero-order chi connectivity index (χ0) is 14.4. The van der Waals surface area contributed by atoms with Gasteiger partial charge in [-0.25, -0.2) is 0 Å². The summed E-state index contributed by atoms with van der Waals surface area (Å²) in [6.07, 6.45) is -1.27. The Morgan fingerprint density at radius 3 is 2.16 bits per heavy atom. The SMILES string of the molecule is CCOC(=O)C(C(=O)OCC)C(O)c1ccc(Br)s1. The van der Waals surface area contributed by atoms with Gasteiger partial charge in [0.05, 0.1) is 17.0 Å². The third-order valence-corrected chi connectivity index (χ3v) is 3.98. The van der Waals surface area contributed by atoms with Crippen LogP contribution in [0.25, 0.3) is 0 Å². The lowest BCUT2D eigenvalue weighted by Gasteiger charge is -2.18. The van der Waals surface area contributed by atoms with E-state index in [0.717, 1.165) is 3.79 Å². The van der Waals surface area contributed by atoms with Crippen molar-refractivity contribution in [1.82, 2.24) is 0 Å². The third kappa shape index (κ3) is 4.29. The smallest absolute Gasteiger partial charge is 0.323 e. The Morgan fingerprint density at radius 2 is 1.79 bits per heavy atom. The van der Waals surface area contributed by atoms with Crippen molar-refractivity contribution in [3.05, 3.63) is 20.8 Å². The Kier molecular flexibility index (Phi) is 6.47. The number of ether oxygens (including phenoxy) is 2. The molecule has 0 radical (unpaired) electrons. The first-order chi connectivity index (χ1) is 9.01. The molecule has 0 bridgehead atoms. The Bertz CT molecular complexity index is 427. The molecular formula is C12H15BrO5S. The van der Waals surface area contributed by atoms with Gasteiger partial charge in [0, 0.05) is 4.88 Å². The summed E-state index contributed by atoms with van der Waals surface area (Å²) >= 11 is 4.51. The minimum atomic E-state index is -1.36. The van der Waals surface area contributed by atoms with E-state index in [1.807, 2.05) is 0 Å². The van der Waals surface area contributed by atoms with Crippen molar-refractivity contribution in [2.75, 3.05) is 13.2 Å². The first-order valence-corrected chi connectivity index (χ1v) is 7.38. The molecule has 0 amide bonds. The summed E-state index contributed by atoms with van der Waals surface area (Å²) in [5.41, 5.74) is 0. The monoisotopic (exact) mass is 350 g/mol. The van der Waals surface area contributed by atoms with Crippen LogP contribution in [0.15, 0.2) is 15.9 Å². The number of thiophene rings is 1. The van der Waals surface area contributed by atoms with Crippen molar-refractivity contribution in [2.24, 2.45) is 5.92 Å². The topological polar surface area (TPSA) is 72.8 Å². The molecule has 0 aliphatic carbocycles. The number of hydrogen-bond donors (Lipinski definition) is 1. The van der Waals surface area contributed by atoms with E-state index in [2.05, 4.69) is 15.9 Å². The summed E-state index contributed by atoms with van der Waals surface area (Å²) < 4.78 is 10.4. The fourth-order valence-corrected chi connectivity index (χ4v) is 2.92. The van der Waals surface area contributed by atoms with E-state index in [9.17, 15) is 14.7 Å². The molecule has 0 aliphatic heterocycles. The van der Waals surface area contributed by atoms with Crippen LogP contribution in [0, 0.1) is 5.92 Å². The molecule has 0 aromatic carbocycles. The van der Waals surface area contributed by atoms with E-state index in [1.165, 1.54) is 11.3 Å². The number of esters is 2. The van der Waals surface area contributed by atoms with Gasteiger partial charge in [-0.15, -0.1) is 11.3 Å². The second-order valence-corrected chi connectivity index (χ2v) is 6.06. The van der Waals surface area contributed by atoms with Crippen LogP contribution in [0.3, 0.4) is 0 Å². The largest absolute Gasteiger partial charge is 0.465 e. The van der Waals surface area contributed by atoms with Crippen LogP contribution >= 0.6 is 27.3 Å². The molecule has 1 unspecified atom stereocenters. The highest BCUT2D eigenvalue weighted by Gasteiger charge is 2.38. The van der Waals surface area contributed by atoms with Crippen molar-refractivity contribution in [3.63, 3.8) is 0 Å². The molecule has 0 saturated carbocycles. The van der Waals surface area contributed by atoms with Crippen molar-refractivity contribution in [2.45, 2.75) is 20.0 Å². The molecule has 19 heavy (non-hydrogen) atoms. The van der Waals surface area contributed by atoms with Gasteiger partial charge in [-0.1, -0.05) is 0 Å². The maximum atomic E-state index is 11.8. The van der Waals surface area contributed by atoms with E-state index in [-0.39, 0.29) is 13.2 Å². The number of hydrogen-bond acceptors (Lipinski definition) is 6. The maximum Gasteiger partial charge on any atom is 0.323 e. The third-order valence-electron chi connectivity index (χ3n) is 2.28. The molecule has 1 aromatic rings. The van der Waals surface area contributed by atoms with Gasteiger partial charge >= 0.3 is 11.9 Å². The minimum absolute atomic E-state index is 0.135. The van der Waals surface area contributed by atoms with Crippen molar-refractivity contribution in [3.8, 4) is 0 Å². The molecule has 0 fully saturated rings. The predicted octanol–water partition coefficient (Wildman–Crippen LogP) is 2.29. The molecule has 1 atom stereocenters. The fourth-order valence-electron chi connectivity index (χ4n) is 1.47. The minimum Gasteiger partial charge on any atom is -0.465 e. The molecule has 5 nitrogen and oxygen atoms in total. The van der Waals surface area contributed by atoms with Crippen LogP contribution in [0.5, 0.6) is 0 Å². The number of aliphatic hydroxyl groups excluding tert-OH is 1. The van der Waals surface area contributed by atoms with E-state index in [1.54, 1.807) is 26.0 Å². The fraction of sp³-hybridized carbons (Fsp3) is 0.500. The molecule has 0 aliphatic rings. The summed E-state index contributed by atoms with van der Waals surface area (Å²) in [5, 5.41) is 10.2. The Labute approximate surface area is 123 Å². The molecule has 7 heteroatoms. The standard InChI is InChI=1S/C12H15BrO5S/c1-3-17-11(15)9(12(16)18-4-2)10(14)7-5-6-8(13)19-7/h5-6,9-10,14H,3-4H2,1-2H3. The average Bonchev–Trinajstić information content (AvgIpc) is 2.76. The van der Waals surface area contributed by atoms with Crippen LogP contribution in [0.2, 0.25) is 0 Å². The Hall–Kier alpha value is -0.920. The van der Waals surface area contributed by atoms with Crippen molar-refractivity contribution in [1.29, 1.82) is 0 Å². The summed E-state index contributed by atoms with van der Waals surface area (Å²) in [6, 6.07) is 3.38. The van der Waals surface area contributed by atoms with Gasteiger partial charge in [0.25, 0.3) is 0 Å². The second-order valence-electron chi connectivity index (χ2n) is 3.57. The van der Waals surface area contributed by atoms with E-state index in [0.29, 0.717) is 4.88 Å². The Morgan fingerprint density at radius 1 is 1.26 bits per heavy atom. The predicted molar refractivity (Wildman–Crippen MR) is 73.7 cm³/mol. The van der Waals surface area contributed by atoms with Crippen LogP contribution in [-0.2, 0) is 19.1 Å². The number of halogens is 1. The average molecular weight is 351 g/mol. The zero-order valence-corrected chi connectivity index (χ0v) is 13.0. The summed E-state index contributed by atoms with van der Waals surface area (Å²) in [7, 11) is 0. The summed E-state index contributed by atoms with van der Waals surface area (Å²) in [4.78, 5) is 24.1. The number of carbonyl (C=O) groups is 2. The van der Waals surface area contributed by atoms with Gasteiger partial charge in [0.15, 0.2) is 5.92 Å².